The molecule has 0 aliphatic heterocycles. The van der Waals surface area contributed by atoms with E-state index in [0.29, 0.717) is 0 Å². The van der Waals surface area contributed by atoms with Crippen LogP contribution in [0.4, 0.5) is 0 Å². The van der Waals surface area contributed by atoms with Crippen molar-refractivity contribution in [3.05, 3.63) is 129 Å². The molecule has 0 spiro atoms. The van der Waals surface area contributed by atoms with E-state index < -0.39 is 0 Å². The third-order valence-corrected chi connectivity index (χ3v) is 7.29. The molecule has 0 unspecified atom stereocenters. The van der Waals surface area contributed by atoms with E-state index in [0.717, 1.165) is 10.9 Å². The van der Waals surface area contributed by atoms with Crippen LogP contribution in [0.5, 0.6) is 0 Å². The smallest absolute Gasteiger partial charge is 0.0178 e. The summed E-state index contributed by atoms with van der Waals surface area (Å²) in [5.74, 6) is 0. The van der Waals surface area contributed by atoms with Gasteiger partial charge in [-0.2, -0.15) is 0 Å². The number of benzene rings is 4. The Morgan fingerprint density at radius 1 is 0.824 bits per heavy atom. The minimum atomic E-state index is 0.119. The molecule has 4 aromatic carbocycles. The molecule has 2 aliphatic carbocycles. The van der Waals surface area contributed by atoms with Crippen molar-refractivity contribution >= 4 is 38.4 Å². The Bertz CT molecular complexity index is 1550. The predicted molar refractivity (Wildman–Crippen MR) is 151 cm³/mol. The van der Waals surface area contributed by atoms with Crippen LogP contribution in [0.2, 0.25) is 0 Å². The molecule has 0 heterocycles. The Labute approximate surface area is 210 Å². The first-order chi connectivity index (χ1) is 16.5. The zero-order valence-corrected chi connectivity index (χ0v) is 21.6. The number of halogens is 1. The summed E-state index contributed by atoms with van der Waals surface area (Å²) in [7, 11) is 0. The zero-order valence-electron chi connectivity index (χ0n) is 20.0. The second-order valence-corrected chi connectivity index (χ2v) is 10.4. The van der Waals surface area contributed by atoms with Crippen LogP contribution in [0.1, 0.15) is 26.3 Å². The van der Waals surface area contributed by atoms with Crippen molar-refractivity contribution in [3.63, 3.8) is 0 Å². The lowest BCUT2D eigenvalue weighted by atomic mass is 9.77. The number of allylic oxidation sites excluding steroid dienone is 4. The first-order valence-corrected chi connectivity index (χ1v) is 12.8. The van der Waals surface area contributed by atoms with E-state index in [2.05, 4.69) is 140 Å². The monoisotopic (exact) mass is 504 g/mol. The Morgan fingerprint density at radius 3 is 2.38 bits per heavy atom. The number of fused-ring (bicyclic) bond motifs is 4. The van der Waals surface area contributed by atoms with E-state index >= 15 is 0 Å². The molecule has 6 rings (SSSR count). The maximum Gasteiger partial charge on any atom is 0.0178 e. The Morgan fingerprint density at radius 2 is 1.59 bits per heavy atom. The van der Waals surface area contributed by atoms with Gasteiger partial charge in [-0.1, -0.05) is 128 Å². The molecule has 2 aliphatic rings. The fourth-order valence-electron chi connectivity index (χ4n) is 5.13. The van der Waals surface area contributed by atoms with E-state index in [9.17, 15) is 0 Å². The van der Waals surface area contributed by atoms with Crippen molar-refractivity contribution in [1.82, 2.24) is 0 Å². The largest absolute Gasteiger partial charge is 0.0744 e. The van der Waals surface area contributed by atoms with Gasteiger partial charge in [-0.15, -0.1) is 0 Å². The number of rotatable bonds is 2. The van der Waals surface area contributed by atoms with Crippen molar-refractivity contribution in [2.45, 2.75) is 27.2 Å². The van der Waals surface area contributed by atoms with Gasteiger partial charge in [0.15, 0.2) is 0 Å². The molecular weight excluding hydrogens is 476 g/mol. The molecule has 0 amide bonds. The van der Waals surface area contributed by atoms with Crippen LogP contribution >= 0.6 is 15.9 Å². The second-order valence-electron chi connectivity index (χ2n) is 9.49. The van der Waals surface area contributed by atoms with E-state index in [1.807, 2.05) is 6.07 Å². The molecule has 4 aromatic rings. The SMILES string of the molecule is CC1(C)C=CC=C2C=c3c(ccc4ccccc34)=C21.CCc1cc(Br)ccc1-c1ccccc1. The highest BCUT2D eigenvalue weighted by atomic mass is 79.9. The third-order valence-electron chi connectivity index (χ3n) is 6.79. The van der Waals surface area contributed by atoms with Gasteiger partial charge in [-0.25, -0.2) is 0 Å². The van der Waals surface area contributed by atoms with Crippen LogP contribution in [-0.4, -0.2) is 0 Å². The molecule has 34 heavy (non-hydrogen) atoms. The van der Waals surface area contributed by atoms with Crippen LogP contribution in [0.25, 0.3) is 33.5 Å². The second kappa shape index (κ2) is 9.24. The predicted octanol–water partition coefficient (Wildman–Crippen LogP) is 7.99. The van der Waals surface area contributed by atoms with Crippen molar-refractivity contribution in [3.8, 4) is 11.1 Å². The number of hydrogen-bond acceptors (Lipinski definition) is 0. The van der Waals surface area contributed by atoms with E-state index in [4.69, 9.17) is 0 Å². The standard InChI is InChI=1S/C19H16.C14H13Br/c1-19(2)11-5-7-14-12-17-15-8-4-3-6-13(15)9-10-16(17)18(14)19;1-2-11-10-13(15)8-9-14(11)12-6-4-3-5-7-12/h3-12H,1-2H3;3-10H,2H2,1H3. The van der Waals surface area contributed by atoms with Crippen LogP contribution in [0.3, 0.4) is 0 Å². The van der Waals surface area contributed by atoms with Crippen molar-refractivity contribution in [2.24, 2.45) is 5.41 Å². The highest BCUT2D eigenvalue weighted by Gasteiger charge is 2.28. The normalized spacial score (nSPS) is 15.1. The molecule has 0 saturated heterocycles. The minimum absolute atomic E-state index is 0.119. The molecule has 0 N–H and O–H groups in total. The van der Waals surface area contributed by atoms with Gasteiger partial charge in [-0.05, 0) is 73.7 Å². The molecule has 168 valence electrons. The summed E-state index contributed by atoms with van der Waals surface area (Å²) < 4.78 is 1.15. The summed E-state index contributed by atoms with van der Waals surface area (Å²) in [5.41, 5.74) is 6.97. The van der Waals surface area contributed by atoms with Gasteiger partial charge >= 0.3 is 0 Å². The topological polar surface area (TPSA) is 0 Å². The minimum Gasteiger partial charge on any atom is -0.0744 e. The summed E-state index contributed by atoms with van der Waals surface area (Å²) in [5, 5.41) is 5.47. The molecule has 0 fully saturated rings. The lowest BCUT2D eigenvalue weighted by molar-refractivity contribution is 0.644. The van der Waals surface area contributed by atoms with Gasteiger partial charge in [0.25, 0.3) is 0 Å². The lowest BCUT2D eigenvalue weighted by Crippen LogP contribution is -2.28. The lowest BCUT2D eigenvalue weighted by Gasteiger charge is -2.26. The maximum absolute atomic E-state index is 3.51. The van der Waals surface area contributed by atoms with Crippen molar-refractivity contribution < 1.29 is 0 Å². The van der Waals surface area contributed by atoms with Crippen molar-refractivity contribution in [1.29, 1.82) is 0 Å². The van der Waals surface area contributed by atoms with Crippen LogP contribution in [0.15, 0.2) is 113 Å². The quantitative estimate of drug-likeness (QED) is 0.259. The van der Waals surface area contributed by atoms with Crippen molar-refractivity contribution in [2.75, 3.05) is 0 Å². The van der Waals surface area contributed by atoms with Crippen LogP contribution in [0, 0.1) is 5.41 Å². The maximum atomic E-state index is 3.51. The van der Waals surface area contributed by atoms with E-state index in [-0.39, 0.29) is 5.41 Å². The highest BCUT2D eigenvalue weighted by Crippen LogP contribution is 2.38. The fraction of sp³-hybridized carbons (Fsp3) is 0.152. The first kappa shape index (κ1) is 22.6. The summed E-state index contributed by atoms with van der Waals surface area (Å²) in [6.07, 6.45) is 10.1. The third kappa shape index (κ3) is 4.21. The average molecular weight is 505 g/mol. The average Bonchev–Trinajstić information content (AvgIpc) is 3.25. The number of hydrogen-bond donors (Lipinski definition) is 0. The van der Waals surface area contributed by atoms with E-state index in [1.54, 1.807) is 0 Å². The Balaban J connectivity index is 0.000000146. The summed E-state index contributed by atoms with van der Waals surface area (Å²) in [6, 6.07) is 30.2. The molecule has 0 bridgehead atoms. The molecule has 0 atom stereocenters. The zero-order chi connectivity index (χ0) is 23.7. The highest BCUT2D eigenvalue weighted by molar-refractivity contribution is 9.10. The van der Waals surface area contributed by atoms with E-state index in [1.165, 1.54) is 49.0 Å². The van der Waals surface area contributed by atoms with Gasteiger partial charge in [0.1, 0.15) is 0 Å². The summed E-state index contributed by atoms with van der Waals surface area (Å²) in [4.78, 5) is 0. The number of aryl methyl sites for hydroxylation is 1. The molecule has 0 nitrogen and oxygen atoms in total. The summed E-state index contributed by atoms with van der Waals surface area (Å²) >= 11 is 3.51. The Kier molecular flexibility index (Phi) is 6.15. The van der Waals surface area contributed by atoms with Gasteiger partial charge in [-0.3, -0.25) is 0 Å². The van der Waals surface area contributed by atoms with Crippen LogP contribution in [-0.2, 0) is 6.42 Å². The van der Waals surface area contributed by atoms with Gasteiger partial charge < -0.3 is 0 Å². The van der Waals surface area contributed by atoms with Gasteiger partial charge in [0.2, 0.25) is 0 Å². The molecule has 1 heteroatoms. The first-order valence-electron chi connectivity index (χ1n) is 12.0. The molecule has 0 aromatic heterocycles. The Hall–Kier alpha value is -3.16. The summed E-state index contributed by atoms with van der Waals surface area (Å²) in [6.45, 7) is 6.78. The molecular formula is C33H29Br. The van der Waals surface area contributed by atoms with Gasteiger partial charge in [0.05, 0.1) is 0 Å². The van der Waals surface area contributed by atoms with Crippen LogP contribution < -0.4 is 10.4 Å². The molecule has 0 saturated carbocycles. The molecule has 0 radical (unpaired) electrons. The fourth-order valence-corrected chi connectivity index (χ4v) is 5.54. The van der Waals surface area contributed by atoms with Gasteiger partial charge in [0, 0.05) is 9.89 Å².